The van der Waals surface area contributed by atoms with Crippen molar-refractivity contribution < 1.29 is 4.79 Å². The van der Waals surface area contributed by atoms with E-state index in [2.05, 4.69) is 19.2 Å². The van der Waals surface area contributed by atoms with Gasteiger partial charge in [-0.25, -0.2) is 0 Å². The van der Waals surface area contributed by atoms with E-state index in [-0.39, 0.29) is 27.6 Å². The van der Waals surface area contributed by atoms with E-state index in [0.29, 0.717) is 6.04 Å². The first-order chi connectivity index (χ1) is 8.93. The first-order valence-electron chi connectivity index (χ1n) is 7.26. The molecule has 2 nitrogen and oxygen atoms in total. The minimum Gasteiger partial charge on any atom is -0.353 e. The van der Waals surface area contributed by atoms with Crippen LogP contribution in [-0.2, 0) is 4.79 Å². The quantitative estimate of drug-likeness (QED) is 0.768. The largest absolute Gasteiger partial charge is 0.353 e. The van der Waals surface area contributed by atoms with Crippen LogP contribution in [0.3, 0.4) is 0 Å². The van der Waals surface area contributed by atoms with Gasteiger partial charge in [0.15, 0.2) is 0 Å². The standard InChI is InChI=1S/C15H23Cl2NO/c1-15(2)11(9-12(16)17)13(15)14(19)18-10-7-5-3-4-6-8-10/h9-11,13H,3-8H2,1-2H3,(H,18,19)/t11-,13+/m1/s1. The Morgan fingerprint density at radius 3 is 2.26 bits per heavy atom. The van der Waals surface area contributed by atoms with Crippen LogP contribution in [0.25, 0.3) is 0 Å². The van der Waals surface area contributed by atoms with Crippen molar-refractivity contribution in [3.8, 4) is 0 Å². The van der Waals surface area contributed by atoms with E-state index in [1.807, 2.05) is 0 Å². The van der Waals surface area contributed by atoms with E-state index in [0.717, 1.165) is 12.8 Å². The lowest BCUT2D eigenvalue weighted by Crippen LogP contribution is -2.36. The molecule has 0 unspecified atom stereocenters. The molecule has 1 amide bonds. The molecule has 4 heteroatoms. The van der Waals surface area contributed by atoms with Crippen LogP contribution in [0.15, 0.2) is 10.6 Å². The highest BCUT2D eigenvalue weighted by Crippen LogP contribution is 2.59. The number of hydrogen-bond donors (Lipinski definition) is 1. The van der Waals surface area contributed by atoms with Gasteiger partial charge in [-0.1, -0.05) is 62.7 Å². The van der Waals surface area contributed by atoms with Crippen molar-refractivity contribution in [2.75, 3.05) is 0 Å². The zero-order valence-electron chi connectivity index (χ0n) is 11.7. The summed E-state index contributed by atoms with van der Waals surface area (Å²) in [6.45, 7) is 4.20. The third kappa shape index (κ3) is 3.66. The van der Waals surface area contributed by atoms with E-state index >= 15 is 0 Å². The topological polar surface area (TPSA) is 29.1 Å². The molecule has 19 heavy (non-hydrogen) atoms. The van der Waals surface area contributed by atoms with Gasteiger partial charge in [0, 0.05) is 6.04 Å². The molecule has 2 aliphatic rings. The lowest BCUT2D eigenvalue weighted by Gasteiger charge is -2.16. The third-order valence-corrected chi connectivity index (χ3v) is 4.95. The summed E-state index contributed by atoms with van der Waals surface area (Å²) in [5.74, 6) is 0.360. The predicted molar refractivity (Wildman–Crippen MR) is 80.2 cm³/mol. The second kappa shape index (κ2) is 6.05. The zero-order chi connectivity index (χ0) is 14.0. The molecule has 0 aromatic heterocycles. The lowest BCUT2D eigenvalue weighted by molar-refractivity contribution is -0.123. The average molecular weight is 304 g/mol. The van der Waals surface area contributed by atoms with E-state index in [9.17, 15) is 4.79 Å². The van der Waals surface area contributed by atoms with Gasteiger partial charge in [0.1, 0.15) is 4.49 Å². The van der Waals surface area contributed by atoms with Crippen LogP contribution in [0.4, 0.5) is 0 Å². The predicted octanol–water partition coefficient (Wildman–Crippen LogP) is 4.42. The highest BCUT2D eigenvalue weighted by Gasteiger charge is 2.60. The number of allylic oxidation sites excluding steroid dienone is 1. The van der Waals surface area contributed by atoms with E-state index in [1.165, 1.54) is 25.7 Å². The smallest absolute Gasteiger partial charge is 0.224 e. The third-order valence-electron chi connectivity index (χ3n) is 4.70. The molecule has 2 aliphatic carbocycles. The normalized spacial score (nSPS) is 30.3. The van der Waals surface area contributed by atoms with Crippen molar-refractivity contribution in [1.29, 1.82) is 0 Å². The van der Waals surface area contributed by atoms with Crippen LogP contribution in [-0.4, -0.2) is 11.9 Å². The summed E-state index contributed by atoms with van der Waals surface area (Å²) in [6.07, 6.45) is 9.11. The number of carbonyl (C=O) groups is 1. The number of halogens is 2. The molecular weight excluding hydrogens is 281 g/mol. The van der Waals surface area contributed by atoms with Crippen LogP contribution in [0.5, 0.6) is 0 Å². The first kappa shape index (κ1) is 15.2. The fourth-order valence-electron chi connectivity index (χ4n) is 3.34. The van der Waals surface area contributed by atoms with Crippen LogP contribution in [0.1, 0.15) is 52.4 Å². The molecule has 2 fully saturated rings. The highest BCUT2D eigenvalue weighted by molar-refractivity contribution is 6.55. The van der Waals surface area contributed by atoms with E-state index in [4.69, 9.17) is 23.2 Å². The second-order valence-electron chi connectivity index (χ2n) is 6.48. The van der Waals surface area contributed by atoms with Crippen molar-refractivity contribution in [3.05, 3.63) is 10.6 Å². The van der Waals surface area contributed by atoms with Gasteiger partial charge in [-0.2, -0.15) is 0 Å². The average Bonchev–Trinajstić information content (AvgIpc) is 2.92. The summed E-state index contributed by atoms with van der Waals surface area (Å²) >= 11 is 11.4. The summed E-state index contributed by atoms with van der Waals surface area (Å²) in [5.41, 5.74) is -0.0240. The van der Waals surface area contributed by atoms with Gasteiger partial charge >= 0.3 is 0 Å². The Morgan fingerprint density at radius 1 is 1.16 bits per heavy atom. The Hall–Kier alpha value is -0.210. The molecule has 0 heterocycles. The van der Waals surface area contributed by atoms with Crippen LogP contribution < -0.4 is 5.32 Å². The van der Waals surface area contributed by atoms with Crippen LogP contribution in [0.2, 0.25) is 0 Å². The van der Waals surface area contributed by atoms with E-state index < -0.39 is 0 Å². The van der Waals surface area contributed by atoms with Crippen LogP contribution in [0, 0.1) is 17.3 Å². The Kier molecular flexibility index (Phi) is 4.84. The van der Waals surface area contributed by atoms with Crippen molar-refractivity contribution in [2.24, 2.45) is 17.3 Å². The molecule has 0 aromatic rings. The number of hydrogen-bond acceptors (Lipinski definition) is 1. The van der Waals surface area contributed by atoms with Gasteiger partial charge in [-0.05, 0) is 30.3 Å². The number of amides is 1. The molecule has 0 aliphatic heterocycles. The lowest BCUT2D eigenvalue weighted by atomic mass is 10.1. The fourth-order valence-corrected chi connectivity index (χ4v) is 3.61. The number of nitrogens with one attached hydrogen (secondary N) is 1. The number of rotatable bonds is 3. The van der Waals surface area contributed by atoms with Crippen molar-refractivity contribution in [1.82, 2.24) is 5.32 Å². The first-order valence-corrected chi connectivity index (χ1v) is 8.01. The Labute approximate surface area is 125 Å². The van der Waals surface area contributed by atoms with Crippen molar-refractivity contribution >= 4 is 29.1 Å². The zero-order valence-corrected chi connectivity index (χ0v) is 13.2. The summed E-state index contributed by atoms with van der Waals surface area (Å²) in [4.78, 5) is 12.4. The summed E-state index contributed by atoms with van der Waals surface area (Å²) < 4.78 is 0.267. The molecular formula is C15H23Cl2NO. The maximum atomic E-state index is 12.4. The molecule has 2 saturated carbocycles. The Morgan fingerprint density at radius 2 is 1.74 bits per heavy atom. The van der Waals surface area contributed by atoms with E-state index in [1.54, 1.807) is 6.08 Å². The Bertz CT molecular complexity index is 366. The molecule has 1 N–H and O–H groups in total. The highest BCUT2D eigenvalue weighted by atomic mass is 35.5. The van der Waals surface area contributed by atoms with Crippen molar-refractivity contribution in [3.63, 3.8) is 0 Å². The van der Waals surface area contributed by atoms with Gasteiger partial charge in [0.25, 0.3) is 0 Å². The van der Waals surface area contributed by atoms with Crippen LogP contribution >= 0.6 is 23.2 Å². The SMILES string of the molecule is CC1(C)[C@H](C=C(Cl)Cl)[C@H]1C(=O)NC1CCCCCC1. The maximum Gasteiger partial charge on any atom is 0.224 e. The monoisotopic (exact) mass is 303 g/mol. The summed E-state index contributed by atoms with van der Waals surface area (Å²) in [5, 5.41) is 3.23. The molecule has 0 spiro atoms. The molecule has 0 saturated heterocycles. The van der Waals surface area contributed by atoms with Gasteiger partial charge < -0.3 is 5.32 Å². The molecule has 108 valence electrons. The molecule has 0 radical (unpaired) electrons. The summed E-state index contributed by atoms with van der Waals surface area (Å²) in [7, 11) is 0. The molecule has 0 bridgehead atoms. The van der Waals surface area contributed by atoms with Gasteiger partial charge in [-0.3, -0.25) is 4.79 Å². The Balaban J connectivity index is 1.91. The fraction of sp³-hybridized carbons (Fsp3) is 0.800. The van der Waals surface area contributed by atoms with Crippen molar-refractivity contribution in [2.45, 2.75) is 58.4 Å². The second-order valence-corrected chi connectivity index (χ2v) is 7.49. The number of carbonyl (C=O) groups excluding carboxylic acids is 1. The summed E-state index contributed by atoms with van der Waals surface area (Å²) in [6, 6.07) is 0.363. The molecule has 0 aromatic carbocycles. The minimum absolute atomic E-state index is 0.0169. The molecule has 2 atom stereocenters. The minimum atomic E-state index is -0.0240. The van der Waals surface area contributed by atoms with Gasteiger partial charge in [-0.15, -0.1) is 0 Å². The maximum absolute atomic E-state index is 12.4. The molecule has 2 rings (SSSR count). The van der Waals surface area contributed by atoms with Gasteiger partial charge in [0.05, 0.1) is 5.92 Å². The van der Waals surface area contributed by atoms with Gasteiger partial charge in [0.2, 0.25) is 5.91 Å².